The van der Waals surface area contributed by atoms with E-state index in [2.05, 4.69) is 15.4 Å². The van der Waals surface area contributed by atoms with Crippen molar-refractivity contribution in [2.75, 3.05) is 5.84 Å². The molecule has 8 heteroatoms. The molecule has 2 N–H and O–H groups in total. The zero-order valence-corrected chi connectivity index (χ0v) is 14.0. The lowest BCUT2D eigenvalue weighted by molar-refractivity contribution is 0.413. The van der Waals surface area contributed by atoms with Gasteiger partial charge in [-0.15, -0.1) is 10.2 Å². The molecular formula is C16H19N5O2S. The molecule has 0 aromatic carbocycles. The van der Waals surface area contributed by atoms with E-state index in [4.69, 9.17) is 14.8 Å². The lowest BCUT2D eigenvalue weighted by Gasteiger charge is -2.20. The number of hydrogen-bond donors (Lipinski definition) is 1. The molecule has 4 rings (SSSR count). The van der Waals surface area contributed by atoms with Crippen LogP contribution in [0.15, 0.2) is 38.6 Å². The van der Waals surface area contributed by atoms with Crippen LogP contribution in [0.2, 0.25) is 0 Å². The third kappa shape index (κ3) is 3.06. The van der Waals surface area contributed by atoms with Crippen LogP contribution in [0, 0.1) is 0 Å². The number of aromatic nitrogens is 4. The van der Waals surface area contributed by atoms with Gasteiger partial charge in [0.25, 0.3) is 0 Å². The maximum absolute atomic E-state index is 6.19. The Bertz CT molecular complexity index is 789. The maximum Gasteiger partial charge on any atom is 0.210 e. The molecule has 0 atom stereocenters. The van der Waals surface area contributed by atoms with Crippen LogP contribution in [0.3, 0.4) is 0 Å². The zero-order chi connectivity index (χ0) is 16.4. The first-order valence-corrected chi connectivity index (χ1v) is 9.12. The third-order valence-corrected chi connectivity index (χ3v) is 5.31. The maximum atomic E-state index is 6.19. The van der Waals surface area contributed by atoms with E-state index in [0.717, 1.165) is 24.4 Å². The topological polar surface area (TPSA) is 95.9 Å². The Morgan fingerprint density at radius 3 is 2.88 bits per heavy atom. The van der Waals surface area contributed by atoms with Crippen LogP contribution in [-0.4, -0.2) is 20.0 Å². The second-order valence-corrected chi connectivity index (χ2v) is 6.94. The smallest absolute Gasteiger partial charge is 0.210 e. The summed E-state index contributed by atoms with van der Waals surface area (Å²) in [5, 5.41) is 13.3. The molecule has 3 aromatic rings. The van der Waals surface area contributed by atoms with E-state index in [9.17, 15) is 0 Å². The molecule has 126 valence electrons. The molecule has 0 unspecified atom stereocenters. The normalized spacial score (nSPS) is 15.8. The van der Waals surface area contributed by atoms with Crippen LogP contribution in [0.1, 0.15) is 49.5 Å². The molecule has 3 heterocycles. The van der Waals surface area contributed by atoms with Gasteiger partial charge in [0.05, 0.1) is 12.0 Å². The molecular weight excluding hydrogens is 326 g/mol. The fraction of sp³-hybridized carbons (Fsp3) is 0.438. The number of nitrogens with two attached hydrogens (primary N) is 1. The Morgan fingerprint density at radius 2 is 2.08 bits per heavy atom. The second-order valence-electron chi connectivity index (χ2n) is 5.99. The molecule has 0 saturated heterocycles. The number of furan rings is 1. The van der Waals surface area contributed by atoms with Crippen molar-refractivity contribution in [2.24, 2.45) is 0 Å². The molecule has 0 aliphatic heterocycles. The molecule has 1 saturated carbocycles. The van der Waals surface area contributed by atoms with E-state index in [1.165, 1.54) is 31.0 Å². The summed E-state index contributed by atoms with van der Waals surface area (Å²) in [6.07, 6.45) is 7.70. The average Bonchev–Trinajstić information content (AvgIpc) is 3.35. The van der Waals surface area contributed by atoms with Crippen molar-refractivity contribution in [1.29, 1.82) is 0 Å². The summed E-state index contributed by atoms with van der Waals surface area (Å²) in [6.45, 7) is 0. The van der Waals surface area contributed by atoms with Gasteiger partial charge in [0.1, 0.15) is 0 Å². The van der Waals surface area contributed by atoms with Crippen LogP contribution in [0.25, 0.3) is 11.5 Å². The van der Waals surface area contributed by atoms with Crippen molar-refractivity contribution in [3.63, 3.8) is 0 Å². The highest BCUT2D eigenvalue weighted by molar-refractivity contribution is 7.98. The Balaban J connectivity index is 1.42. The largest absolute Gasteiger partial charge is 0.461 e. The van der Waals surface area contributed by atoms with Gasteiger partial charge in [0.15, 0.2) is 11.6 Å². The van der Waals surface area contributed by atoms with E-state index in [-0.39, 0.29) is 0 Å². The van der Waals surface area contributed by atoms with Gasteiger partial charge in [-0.2, -0.15) is 0 Å². The third-order valence-electron chi connectivity index (χ3n) is 4.33. The minimum atomic E-state index is 0.434. The fourth-order valence-corrected chi connectivity index (χ4v) is 3.82. The first-order valence-electron chi connectivity index (χ1n) is 8.14. The van der Waals surface area contributed by atoms with Gasteiger partial charge in [-0.3, -0.25) is 0 Å². The van der Waals surface area contributed by atoms with Crippen molar-refractivity contribution in [1.82, 2.24) is 20.0 Å². The van der Waals surface area contributed by atoms with Gasteiger partial charge in [-0.05, 0) is 25.0 Å². The fourth-order valence-electron chi connectivity index (χ4n) is 3.08. The Morgan fingerprint density at radius 1 is 1.21 bits per heavy atom. The first-order chi connectivity index (χ1) is 11.8. The van der Waals surface area contributed by atoms with E-state index in [1.807, 2.05) is 18.2 Å². The Kier molecular flexibility index (Phi) is 4.29. The second kappa shape index (κ2) is 6.72. The molecule has 7 nitrogen and oxygen atoms in total. The highest BCUT2D eigenvalue weighted by atomic mass is 32.2. The highest BCUT2D eigenvalue weighted by Crippen LogP contribution is 2.32. The first kappa shape index (κ1) is 15.3. The van der Waals surface area contributed by atoms with Crippen molar-refractivity contribution >= 4 is 11.8 Å². The molecule has 0 amide bonds. The predicted molar refractivity (Wildman–Crippen MR) is 89.8 cm³/mol. The molecule has 0 bridgehead atoms. The van der Waals surface area contributed by atoms with E-state index in [1.54, 1.807) is 10.9 Å². The number of nitrogen functional groups attached to an aromatic ring is 1. The molecule has 3 aromatic heterocycles. The van der Waals surface area contributed by atoms with Crippen molar-refractivity contribution in [2.45, 2.75) is 48.9 Å². The van der Waals surface area contributed by atoms with Gasteiger partial charge in [0, 0.05) is 17.7 Å². The van der Waals surface area contributed by atoms with Crippen LogP contribution >= 0.6 is 11.8 Å². The Labute approximate surface area is 143 Å². The van der Waals surface area contributed by atoms with Crippen LogP contribution < -0.4 is 5.84 Å². The van der Waals surface area contributed by atoms with Crippen molar-refractivity contribution in [3.8, 4) is 11.5 Å². The van der Waals surface area contributed by atoms with E-state index >= 15 is 0 Å². The quantitative estimate of drug-likeness (QED) is 0.557. The van der Waals surface area contributed by atoms with Gasteiger partial charge in [0.2, 0.25) is 10.9 Å². The number of nitrogens with zero attached hydrogens (tertiary/aromatic N) is 4. The van der Waals surface area contributed by atoms with Crippen LogP contribution in [-0.2, 0) is 5.75 Å². The molecule has 0 spiro atoms. The number of rotatable bonds is 5. The summed E-state index contributed by atoms with van der Waals surface area (Å²) in [7, 11) is 0. The minimum Gasteiger partial charge on any atom is -0.461 e. The molecule has 1 fully saturated rings. The predicted octanol–water partition coefficient (Wildman–Crippen LogP) is 3.58. The van der Waals surface area contributed by atoms with Crippen molar-refractivity contribution in [3.05, 3.63) is 36.0 Å². The molecule has 1 aliphatic rings. The molecule has 0 radical (unpaired) electrons. The van der Waals surface area contributed by atoms with Crippen LogP contribution in [0.5, 0.6) is 0 Å². The van der Waals surface area contributed by atoms with Gasteiger partial charge >= 0.3 is 0 Å². The number of thioether (sulfide) groups is 1. The summed E-state index contributed by atoms with van der Waals surface area (Å²) in [6, 6.07) is 5.52. The summed E-state index contributed by atoms with van der Waals surface area (Å²) in [4.78, 5) is 0. The Hall–Kier alpha value is -2.22. The zero-order valence-electron chi connectivity index (χ0n) is 13.2. The van der Waals surface area contributed by atoms with E-state index < -0.39 is 0 Å². The summed E-state index contributed by atoms with van der Waals surface area (Å²) in [5.41, 5.74) is 0.814. The van der Waals surface area contributed by atoms with Gasteiger partial charge in [-0.25, -0.2) is 4.68 Å². The standard InChI is InChI=1S/C16H19N5O2S/c17-21-15(11-5-2-1-3-6-11)18-19-16(21)24-10-12-9-14(23-20-12)13-7-4-8-22-13/h4,7-9,11H,1-3,5-6,10,17H2. The highest BCUT2D eigenvalue weighted by Gasteiger charge is 2.22. The number of hydrogen-bond acceptors (Lipinski definition) is 7. The lowest BCUT2D eigenvalue weighted by atomic mass is 9.89. The van der Waals surface area contributed by atoms with E-state index in [0.29, 0.717) is 28.3 Å². The summed E-state index contributed by atoms with van der Waals surface area (Å²) >= 11 is 1.51. The van der Waals surface area contributed by atoms with Gasteiger partial charge < -0.3 is 14.8 Å². The molecule has 24 heavy (non-hydrogen) atoms. The summed E-state index contributed by atoms with van der Waals surface area (Å²) in [5.74, 6) is 9.42. The minimum absolute atomic E-state index is 0.434. The SMILES string of the molecule is Nn1c(SCc2cc(-c3ccco3)on2)nnc1C1CCCCC1. The van der Waals surface area contributed by atoms with Gasteiger partial charge in [-0.1, -0.05) is 36.2 Å². The average molecular weight is 345 g/mol. The van der Waals surface area contributed by atoms with Crippen molar-refractivity contribution < 1.29 is 8.94 Å². The van der Waals surface area contributed by atoms with Crippen LogP contribution in [0.4, 0.5) is 0 Å². The molecule has 1 aliphatic carbocycles. The monoisotopic (exact) mass is 345 g/mol. The summed E-state index contributed by atoms with van der Waals surface area (Å²) < 4.78 is 12.2. The lowest BCUT2D eigenvalue weighted by Crippen LogP contribution is -2.18.